The van der Waals surface area contributed by atoms with Crippen LogP contribution < -0.4 is 10.1 Å². The molecule has 1 amide bonds. The van der Waals surface area contributed by atoms with Gasteiger partial charge in [0.1, 0.15) is 23.0 Å². The molecule has 7 nitrogen and oxygen atoms in total. The highest BCUT2D eigenvalue weighted by molar-refractivity contribution is 6.33. The number of fused-ring (bicyclic) bond motifs is 2. The molecular weight excluding hydrogens is 368 g/mol. The number of rotatable bonds is 3. The van der Waals surface area contributed by atoms with Gasteiger partial charge in [0.25, 0.3) is 12.3 Å². The van der Waals surface area contributed by atoms with Gasteiger partial charge in [-0.05, 0) is 18.2 Å². The summed E-state index contributed by atoms with van der Waals surface area (Å²) in [6.45, 7) is -0.0568. The van der Waals surface area contributed by atoms with Crippen LogP contribution in [0.15, 0.2) is 24.4 Å². The Morgan fingerprint density at radius 3 is 3.04 bits per heavy atom. The number of nitrogens with one attached hydrogen (secondary N) is 1. The molecule has 0 fully saturated rings. The van der Waals surface area contributed by atoms with Gasteiger partial charge in [-0.1, -0.05) is 11.6 Å². The topological polar surface area (TPSA) is 81.9 Å². The lowest BCUT2D eigenvalue weighted by Gasteiger charge is -2.11. The van der Waals surface area contributed by atoms with Crippen LogP contribution in [0.4, 0.5) is 8.78 Å². The lowest BCUT2D eigenvalue weighted by atomic mass is 10.2. The van der Waals surface area contributed by atoms with Crippen LogP contribution in [-0.2, 0) is 6.54 Å². The lowest BCUT2D eigenvalue weighted by molar-refractivity contribution is 0.0956. The first-order valence-corrected chi connectivity index (χ1v) is 8.13. The van der Waals surface area contributed by atoms with Crippen LogP contribution in [0.3, 0.4) is 0 Å². The Kier molecular flexibility index (Phi) is 4.15. The first kappa shape index (κ1) is 16.6. The van der Waals surface area contributed by atoms with Gasteiger partial charge in [0.2, 0.25) is 5.88 Å². The lowest BCUT2D eigenvalue weighted by Crippen LogP contribution is -2.24. The Morgan fingerprint density at radius 1 is 1.38 bits per heavy atom. The van der Waals surface area contributed by atoms with Crippen molar-refractivity contribution in [2.45, 2.75) is 13.0 Å². The average Bonchev–Trinajstić information content (AvgIpc) is 2.84. The quantitative estimate of drug-likeness (QED) is 0.707. The predicted octanol–water partition coefficient (Wildman–Crippen LogP) is 2.53. The average molecular weight is 380 g/mol. The van der Waals surface area contributed by atoms with Crippen LogP contribution in [0, 0.1) is 0 Å². The zero-order valence-electron chi connectivity index (χ0n) is 13.2. The largest absolute Gasteiger partial charge is 0.475 e. The number of halogens is 3. The fraction of sp³-hybridized carbons (Fsp3) is 0.250. The third-order valence-corrected chi connectivity index (χ3v) is 4.16. The van der Waals surface area contributed by atoms with E-state index < -0.39 is 18.9 Å². The van der Waals surface area contributed by atoms with Gasteiger partial charge in [-0.15, -0.1) is 0 Å². The van der Waals surface area contributed by atoms with Gasteiger partial charge in [0, 0.05) is 11.6 Å². The number of nitrogens with zero attached hydrogens (tertiary/aromatic N) is 4. The molecular formula is C16H12ClF2N5O2. The van der Waals surface area contributed by atoms with Gasteiger partial charge >= 0.3 is 0 Å². The van der Waals surface area contributed by atoms with Gasteiger partial charge in [-0.2, -0.15) is 4.98 Å². The van der Waals surface area contributed by atoms with Crippen molar-refractivity contribution in [3.05, 3.63) is 35.1 Å². The summed E-state index contributed by atoms with van der Waals surface area (Å²) in [4.78, 5) is 24.6. The zero-order valence-corrected chi connectivity index (χ0v) is 14.0. The van der Waals surface area contributed by atoms with Crippen LogP contribution in [-0.4, -0.2) is 45.0 Å². The molecule has 1 aliphatic rings. The van der Waals surface area contributed by atoms with Gasteiger partial charge in [-0.3, -0.25) is 4.79 Å². The minimum atomic E-state index is -2.59. The third kappa shape index (κ3) is 2.84. The normalized spacial score (nSPS) is 14.1. The van der Waals surface area contributed by atoms with Crippen molar-refractivity contribution >= 4 is 28.5 Å². The van der Waals surface area contributed by atoms with Gasteiger partial charge in [-0.25, -0.2) is 18.7 Å². The molecule has 1 N–H and O–H groups in total. The standard InChI is InChI=1S/C16H12ClF2N5O2/c17-12-11-15(25)21-4-5-26-16(11)23-13(22-12)9-6-8-2-1-3-20-14(8)24(9)7-10(18)19/h1-3,6,10H,4-5,7H2,(H,21,25). The highest BCUT2D eigenvalue weighted by Crippen LogP contribution is 2.31. The maximum absolute atomic E-state index is 13.1. The van der Waals surface area contributed by atoms with E-state index in [0.717, 1.165) is 0 Å². The molecule has 0 saturated carbocycles. The summed E-state index contributed by atoms with van der Waals surface area (Å²) in [6, 6.07) is 5.11. The van der Waals surface area contributed by atoms with Crippen LogP contribution in [0.1, 0.15) is 10.4 Å². The molecule has 26 heavy (non-hydrogen) atoms. The van der Waals surface area contributed by atoms with E-state index in [0.29, 0.717) is 23.3 Å². The fourth-order valence-corrected chi connectivity index (χ4v) is 3.07. The van der Waals surface area contributed by atoms with E-state index in [1.165, 1.54) is 10.8 Å². The second-order valence-corrected chi connectivity index (χ2v) is 5.93. The van der Waals surface area contributed by atoms with E-state index in [1.807, 2.05) is 0 Å². The molecule has 10 heteroatoms. The molecule has 0 radical (unpaired) electrons. The SMILES string of the molecule is O=C1NCCOc2nc(-c3cc4cccnc4n3CC(F)F)nc(Cl)c21. The number of alkyl halides is 2. The summed E-state index contributed by atoms with van der Waals surface area (Å²) in [5, 5.41) is 3.18. The van der Waals surface area contributed by atoms with Gasteiger partial charge in [0.05, 0.1) is 18.8 Å². The summed E-state index contributed by atoms with van der Waals surface area (Å²) in [5.74, 6) is -0.331. The van der Waals surface area contributed by atoms with Crippen molar-refractivity contribution in [3.8, 4) is 17.4 Å². The Hall–Kier alpha value is -2.81. The molecule has 1 aliphatic heterocycles. The molecule has 0 spiro atoms. The summed E-state index contributed by atoms with van der Waals surface area (Å²) < 4.78 is 33.0. The number of amides is 1. The Morgan fingerprint density at radius 2 is 2.23 bits per heavy atom. The molecule has 0 unspecified atom stereocenters. The van der Waals surface area contributed by atoms with Crippen LogP contribution >= 0.6 is 11.6 Å². The van der Waals surface area contributed by atoms with Crippen molar-refractivity contribution in [2.24, 2.45) is 0 Å². The van der Waals surface area contributed by atoms with E-state index in [9.17, 15) is 13.6 Å². The van der Waals surface area contributed by atoms with Crippen LogP contribution in [0.2, 0.25) is 5.15 Å². The Bertz CT molecular complexity index is 1010. The highest BCUT2D eigenvalue weighted by Gasteiger charge is 2.26. The second kappa shape index (κ2) is 6.49. The molecule has 0 saturated heterocycles. The van der Waals surface area contributed by atoms with Crippen molar-refractivity contribution in [3.63, 3.8) is 0 Å². The monoisotopic (exact) mass is 379 g/mol. The minimum absolute atomic E-state index is 0.0248. The number of carbonyl (C=O) groups excluding carboxylic acids is 1. The maximum Gasteiger partial charge on any atom is 0.260 e. The smallest absolute Gasteiger partial charge is 0.260 e. The minimum Gasteiger partial charge on any atom is -0.475 e. The summed E-state index contributed by atoms with van der Waals surface area (Å²) in [6.07, 6.45) is -1.07. The Labute approximate surface area is 151 Å². The van der Waals surface area contributed by atoms with E-state index >= 15 is 0 Å². The fourth-order valence-electron chi connectivity index (χ4n) is 2.82. The van der Waals surface area contributed by atoms with Crippen molar-refractivity contribution in [1.29, 1.82) is 0 Å². The number of hydrogen-bond donors (Lipinski definition) is 1. The third-order valence-electron chi connectivity index (χ3n) is 3.89. The molecule has 0 bridgehead atoms. The van der Waals surface area contributed by atoms with Crippen LogP contribution in [0.5, 0.6) is 5.88 Å². The van der Waals surface area contributed by atoms with Crippen molar-refractivity contribution in [1.82, 2.24) is 24.8 Å². The molecule has 3 aromatic rings. The molecule has 4 heterocycles. The molecule has 0 atom stereocenters. The zero-order chi connectivity index (χ0) is 18.3. The molecule has 0 aliphatic carbocycles. The summed E-state index contributed by atoms with van der Waals surface area (Å²) in [5.41, 5.74) is 0.732. The van der Waals surface area contributed by atoms with E-state index in [2.05, 4.69) is 20.3 Å². The van der Waals surface area contributed by atoms with Gasteiger partial charge < -0.3 is 14.6 Å². The highest BCUT2D eigenvalue weighted by atomic mass is 35.5. The molecule has 4 rings (SSSR count). The van der Waals surface area contributed by atoms with Crippen molar-refractivity contribution < 1.29 is 18.3 Å². The first-order valence-electron chi connectivity index (χ1n) is 7.76. The number of hydrogen-bond acceptors (Lipinski definition) is 5. The summed E-state index contributed by atoms with van der Waals surface area (Å²) >= 11 is 6.16. The predicted molar refractivity (Wildman–Crippen MR) is 89.6 cm³/mol. The molecule has 3 aromatic heterocycles. The van der Waals surface area contributed by atoms with Crippen molar-refractivity contribution in [2.75, 3.05) is 13.2 Å². The number of carbonyl (C=O) groups is 1. The second-order valence-electron chi connectivity index (χ2n) is 5.57. The van der Waals surface area contributed by atoms with Gasteiger partial charge in [0.15, 0.2) is 5.82 Å². The number of pyridine rings is 1. The Balaban J connectivity index is 1.92. The molecule has 134 valence electrons. The van der Waals surface area contributed by atoms with E-state index in [-0.39, 0.29) is 29.0 Å². The number of ether oxygens (including phenoxy) is 1. The molecule has 0 aromatic carbocycles. The van der Waals surface area contributed by atoms with E-state index in [4.69, 9.17) is 16.3 Å². The first-order chi connectivity index (χ1) is 12.5. The maximum atomic E-state index is 13.1. The summed E-state index contributed by atoms with van der Waals surface area (Å²) in [7, 11) is 0. The number of aromatic nitrogens is 4. The van der Waals surface area contributed by atoms with Crippen LogP contribution in [0.25, 0.3) is 22.6 Å². The van der Waals surface area contributed by atoms with E-state index in [1.54, 1.807) is 18.2 Å².